The van der Waals surface area contributed by atoms with Crippen LogP contribution in [0.5, 0.6) is 0 Å². The number of furan rings is 1. The summed E-state index contributed by atoms with van der Waals surface area (Å²) in [5.74, 6) is 0. The normalized spacial score (nSPS) is 11.9. The molecule has 56 heavy (non-hydrogen) atoms. The molecule has 0 aliphatic heterocycles. The van der Waals surface area contributed by atoms with Crippen LogP contribution in [0.4, 0.5) is 0 Å². The Morgan fingerprint density at radius 1 is 0.357 bits per heavy atom. The van der Waals surface area contributed by atoms with Gasteiger partial charge < -0.3 is 18.1 Å². The number of nitriles is 2. The van der Waals surface area contributed by atoms with Crippen LogP contribution in [0.1, 0.15) is 11.1 Å². The molecular formula is C50H27N5O. The minimum atomic E-state index is 0.415. The third kappa shape index (κ3) is 3.92. The fraction of sp³-hybridized carbons (Fsp3) is 0. The Kier molecular flexibility index (Phi) is 6.10. The highest BCUT2D eigenvalue weighted by molar-refractivity contribution is 6.29. The molecule has 0 spiro atoms. The number of para-hydroxylation sites is 5. The van der Waals surface area contributed by atoms with Gasteiger partial charge in [0.2, 0.25) is 0 Å². The zero-order valence-electron chi connectivity index (χ0n) is 29.7. The van der Waals surface area contributed by atoms with Gasteiger partial charge in [-0.1, -0.05) is 91.0 Å². The van der Waals surface area contributed by atoms with Crippen LogP contribution in [0.25, 0.3) is 104 Å². The highest BCUT2D eigenvalue weighted by atomic mass is 16.3. The number of rotatable bonds is 3. The van der Waals surface area contributed by atoms with Gasteiger partial charge in [-0.25, -0.2) is 0 Å². The Morgan fingerprint density at radius 3 is 1.25 bits per heavy atom. The van der Waals surface area contributed by atoms with Crippen molar-refractivity contribution in [3.8, 4) is 29.2 Å². The highest BCUT2D eigenvalue weighted by Gasteiger charge is 2.24. The summed E-state index contributed by atoms with van der Waals surface area (Å²) in [7, 11) is 0. The van der Waals surface area contributed by atoms with Crippen molar-refractivity contribution in [1.82, 2.24) is 13.7 Å². The summed E-state index contributed by atoms with van der Waals surface area (Å²) in [5, 5.41) is 30.0. The van der Waals surface area contributed by atoms with Crippen molar-refractivity contribution in [2.75, 3.05) is 0 Å². The molecule has 4 aromatic heterocycles. The second kappa shape index (κ2) is 11.2. The lowest BCUT2D eigenvalue weighted by molar-refractivity contribution is 0.677. The molecular weight excluding hydrogens is 687 g/mol. The quantitative estimate of drug-likeness (QED) is 0.183. The molecule has 0 radical (unpaired) electrons. The maximum Gasteiger partial charge on any atom is 0.145 e. The molecule has 0 saturated carbocycles. The fourth-order valence-electron chi connectivity index (χ4n) is 9.25. The third-order valence-electron chi connectivity index (χ3n) is 11.5. The van der Waals surface area contributed by atoms with Crippen LogP contribution in [0.15, 0.2) is 168 Å². The van der Waals surface area contributed by atoms with Gasteiger partial charge in [-0.15, -0.1) is 0 Å². The topological polar surface area (TPSA) is 75.5 Å². The number of nitrogens with zero attached hydrogens (tertiary/aromatic N) is 5. The largest absolute Gasteiger partial charge is 0.455 e. The van der Waals surface area contributed by atoms with E-state index in [9.17, 15) is 10.5 Å². The van der Waals surface area contributed by atoms with E-state index in [4.69, 9.17) is 4.42 Å². The van der Waals surface area contributed by atoms with E-state index in [0.717, 1.165) is 98.7 Å². The average molecular weight is 714 g/mol. The molecule has 12 rings (SSSR count). The first-order chi connectivity index (χ1) is 27.7. The van der Waals surface area contributed by atoms with Gasteiger partial charge in [0.25, 0.3) is 0 Å². The Hall–Kier alpha value is -8.06. The zero-order chi connectivity index (χ0) is 37.1. The van der Waals surface area contributed by atoms with Crippen molar-refractivity contribution < 1.29 is 4.42 Å². The Balaban J connectivity index is 1.15. The lowest BCUT2D eigenvalue weighted by atomic mass is 10.1. The van der Waals surface area contributed by atoms with E-state index in [-0.39, 0.29) is 0 Å². The second-order valence-electron chi connectivity index (χ2n) is 14.3. The van der Waals surface area contributed by atoms with Gasteiger partial charge in [-0.2, -0.15) is 10.5 Å². The summed E-state index contributed by atoms with van der Waals surface area (Å²) in [5.41, 5.74) is 10.9. The minimum absolute atomic E-state index is 0.415. The van der Waals surface area contributed by atoms with E-state index in [1.54, 1.807) is 0 Å². The van der Waals surface area contributed by atoms with E-state index in [2.05, 4.69) is 123 Å². The number of aromatic nitrogens is 3. The van der Waals surface area contributed by atoms with Crippen LogP contribution >= 0.6 is 0 Å². The molecule has 0 amide bonds. The van der Waals surface area contributed by atoms with Crippen molar-refractivity contribution in [3.63, 3.8) is 0 Å². The molecule has 0 N–H and O–H groups in total. The van der Waals surface area contributed by atoms with E-state index in [0.29, 0.717) is 16.8 Å². The molecule has 0 unspecified atom stereocenters. The van der Waals surface area contributed by atoms with E-state index >= 15 is 0 Å². The van der Waals surface area contributed by atoms with E-state index < -0.39 is 0 Å². The molecule has 12 aromatic rings. The summed E-state index contributed by atoms with van der Waals surface area (Å²) >= 11 is 0. The van der Waals surface area contributed by atoms with Crippen LogP contribution in [0.3, 0.4) is 0 Å². The molecule has 6 heteroatoms. The summed E-state index contributed by atoms with van der Waals surface area (Å²) in [6, 6.07) is 61.0. The standard InChI is InChI=1S/C50H27N5O/c51-28-30-26-33(27-31(29-52)48(30)55-40-18-8-4-14-34(40)35-15-5-9-19-41(35)55)54-43-21-11-7-17-39(43)47-45(54)25-23-37-36-22-24-44-46(49(36)56-50(37)47)38-16-6-10-20-42(38)53(44)32-12-2-1-3-13-32/h1-27H. The van der Waals surface area contributed by atoms with Crippen LogP contribution in [-0.2, 0) is 0 Å². The molecule has 0 aliphatic carbocycles. The van der Waals surface area contributed by atoms with Gasteiger partial charge in [-0.05, 0) is 72.8 Å². The first kappa shape index (κ1) is 30.4. The van der Waals surface area contributed by atoms with Gasteiger partial charge in [0.05, 0.1) is 60.7 Å². The molecule has 0 fully saturated rings. The van der Waals surface area contributed by atoms with Crippen molar-refractivity contribution in [1.29, 1.82) is 10.5 Å². The Bertz CT molecular complexity index is 3640. The maximum absolute atomic E-state index is 10.8. The zero-order valence-corrected chi connectivity index (χ0v) is 29.7. The molecule has 0 bridgehead atoms. The van der Waals surface area contributed by atoms with Crippen molar-refractivity contribution in [2.45, 2.75) is 0 Å². The first-order valence-electron chi connectivity index (χ1n) is 18.6. The second-order valence-corrected chi connectivity index (χ2v) is 14.3. The van der Waals surface area contributed by atoms with Gasteiger partial charge in [0.1, 0.15) is 23.3 Å². The lowest BCUT2D eigenvalue weighted by Gasteiger charge is -2.15. The molecule has 8 aromatic carbocycles. The molecule has 0 atom stereocenters. The SMILES string of the molecule is N#Cc1cc(-n2c3ccccc3c3c4oc5c(ccc6c5c5ccccc5n6-c5ccccc5)c4ccc32)cc(C#N)c1-n1c2ccccc2c2ccccc21. The molecule has 4 heterocycles. The fourth-order valence-corrected chi connectivity index (χ4v) is 9.25. The molecule has 258 valence electrons. The summed E-state index contributed by atoms with van der Waals surface area (Å²) in [4.78, 5) is 0. The average Bonchev–Trinajstić information content (AvgIpc) is 3.99. The van der Waals surface area contributed by atoms with Crippen molar-refractivity contribution in [2.24, 2.45) is 0 Å². The number of hydrogen-bond acceptors (Lipinski definition) is 3. The maximum atomic E-state index is 10.8. The van der Waals surface area contributed by atoms with Crippen molar-refractivity contribution in [3.05, 3.63) is 175 Å². The number of benzene rings is 8. The number of fused-ring (bicyclic) bond motifs is 14. The Labute approximate surface area is 319 Å². The molecule has 0 aliphatic rings. The molecule has 0 saturated heterocycles. The molecule has 6 nitrogen and oxygen atoms in total. The van der Waals surface area contributed by atoms with Gasteiger partial charge in [-0.3, -0.25) is 0 Å². The van der Waals surface area contributed by atoms with Crippen molar-refractivity contribution >= 4 is 87.4 Å². The monoisotopic (exact) mass is 713 g/mol. The minimum Gasteiger partial charge on any atom is -0.455 e. The first-order valence-corrected chi connectivity index (χ1v) is 18.6. The van der Waals surface area contributed by atoms with Crippen LogP contribution in [0.2, 0.25) is 0 Å². The lowest BCUT2D eigenvalue weighted by Crippen LogP contribution is -2.04. The third-order valence-corrected chi connectivity index (χ3v) is 11.5. The summed E-state index contributed by atoms with van der Waals surface area (Å²) in [6.07, 6.45) is 0. The predicted molar refractivity (Wildman–Crippen MR) is 226 cm³/mol. The van der Waals surface area contributed by atoms with Crippen LogP contribution in [0, 0.1) is 22.7 Å². The van der Waals surface area contributed by atoms with Gasteiger partial charge >= 0.3 is 0 Å². The summed E-state index contributed by atoms with van der Waals surface area (Å²) < 4.78 is 13.6. The van der Waals surface area contributed by atoms with E-state index in [1.165, 1.54) is 0 Å². The van der Waals surface area contributed by atoms with Crippen LogP contribution < -0.4 is 0 Å². The van der Waals surface area contributed by atoms with Gasteiger partial charge in [0, 0.05) is 43.7 Å². The Morgan fingerprint density at radius 2 is 0.768 bits per heavy atom. The smallest absolute Gasteiger partial charge is 0.145 e. The predicted octanol–water partition coefficient (Wildman–Crippen LogP) is 12.6. The van der Waals surface area contributed by atoms with Gasteiger partial charge in [0.15, 0.2) is 0 Å². The summed E-state index contributed by atoms with van der Waals surface area (Å²) in [6.45, 7) is 0. The van der Waals surface area contributed by atoms with Crippen LogP contribution in [-0.4, -0.2) is 13.7 Å². The highest BCUT2D eigenvalue weighted by Crippen LogP contribution is 2.45. The van der Waals surface area contributed by atoms with E-state index in [1.807, 2.05) is 66.7 Å². The number of hydrogen-bond donors (Lipinski definition) is 0.